The van der Waals surface area contributed by atoms with Gasteiger partial charge in [-0.05, 0) is 71.2 Å². The zero-order chi connectivity index (χ0) is 17.8. The van der Waals surface area contributed by atoms with E-state index < -0.39 is 0 Å². The molecule has 2 aliphatic heterocycles. The second-order valence-corrected chi connectivity index (χ2v) is 7.78. The first-order chi connectivity index (χ1) is 12.1. The van der Waals surface area contributed by atoms with Gasteiger partial charge in [0.2, 0.25) is 0 Å². The second kappa shape index (κ2) is 8.17. The Morgan fingerprint density at radius 3 is 2.48 bits per heavy atom. The van der Waals surface area contributed by atoms with Crippen LogP contribution in [0.2, 0.25) is 0 Å². The lowest BCUT2D eigenvalue weighted by Gasteiger charge is -2.37. The number of rotatable bonds is 4. The molecule has 1 amide bonds. The van der Waals surface area contributed by atoms with E-state index in [0.29, 0.717) is 6.04 Å². The van der Waals surface area contributed by atoms with E-state index in [4.69, 9.17) is 0 Å². The van der Waals surface area contributed by atoms with E-state index in [0.717, 1.165) is 56.3 Å². The molecule has 0 N–H and O–H groups in total. The van der Waals surface area contributed by atoms with Gasteiger partial charge in [-0.1, -0.05) is 0 Å². The Morgan fingerprint density at radius 1 is 1.16 bits per heavy atom. The van der Waals surface area contributed by atoms with E-state index in [1.165, 1.54) is 19.3 Å². The summed E-state index contributed by atoms with van der Waals surface area (Å²) in [4.78, 5) is 23.9. The maximum Gasteiger partial charge on any atom is 0.254 e. The van der Waals surface area contributed by atoms with Crippen molar-refractivity contribution in [1.29, 1.82) is 0 Å². The minimum atomic E-state index is 0.166. The number of carbonyl (C=O) groups excluding carboxylic acids is 1. The summed E-state index contributed by atoms with van der Waals surface area (Å²) in [5.41, 5.74) is 0.788. The van der Waals surface area contributed by atoms with E-state index in [-0.39, 0.29) is 5.91 Å². The normalized spacial score (nSPS) is 20.8. The van der Waals surface area contributed by atoms with Gasteiger partial charge in [-0.2, -0.15) is 0 Å². The van der Waals surface area contributed by atoms with Crippen molar-refractivity contribution in [2.75, 3.05) is 45.2 Å². The van der Waals surface area contributed by atoms with Crippen molar-refractivity contribution in [3.8, 4) is 0 Å². The third kappa shape index (κ3) is 4.32. The molecule has 138 valence electrons. The highest BCUT2D eigenvalue weighted by Gasteiger charge is 2.26. The van der Waals surface area contributed by atoms with Crippen molar-refractivity contribution in [2.45, 2.75) is 45.1 Å². The molecule has 0 spiro atoms. The highest BCUT2D eigenvalue weighted by molar-refractivity contribution is 5.94. The Balaban J connectivity index is 1.63. The molecule has 1 aromatic heterocycles. The number of aromatic nitrogens is 1. The third-order valence-corrected chi connectivity index (χ3v) is 6.00. The number of nitrogens with zero attached hydrogens (tertiary/aromatic N) is 4. The fourth-order valence-electron chi connectivity index (χ4n) is 4.04. The largest absolute Gasteiger partial charge is 0.357 e. The van der Waals surface area contributed by atoms with Crippen LogP contribution in [0.5, 0.6) is 0 Å². The van der Waals surface area contributed by atoms with E-state index in [2.05, 4.69) is 35.8 Å². The number of anilines is 1. The maximum atomic E-state index is 12.7. The van der Waals surface area contributed by atoms with E-state index in [1.807, 2.05) is 17.0 Å². The van der Waals surface area contributed by atoms with Crippen molar-refractivity contribution in [2.24, 2.45) is 5.92 Å². The smallest absolute Gasteiger partial charge is 0.254 e. The predicted octanol–water partition coefficient (Wildman–Crippen LogP) is 2.87. The van der Waals surface area contributed by atoms with Crippen molar-refractivity contribution in [3.05, 3.63) is 23.9 Å². The first-order valence-corrected chi connectivity index (χ1v) is 9.73. The van der Waals surface area contributed by atoms with Gasteiger partial charge in [-0.15, -0.1) is 0 Å². The number of likely N-dealkylation sites (tertiary alicyclic amines) is 1. The summed E-state index contributed by atoms with van der Waals surface area (Å²) < 4.78 is 0. The maximum absolute atomic E-state index is 12.7. The highest BCUT2D eigenvalue weighted by atomic mass is 16.2. The minimum Gasteiger partial charge on any atom is -0.357 e. The molecule has 0 radical (unpaired) electrons. The van der Waals surface area contributed by atoms with Crippen molar-refractivity contribution in [1.82, 2.24) is 14.8 Å². The van der Waals surface area contributed by atoms with Crippen LogP contribution in [-0.4, -0.2) is 67.0 Å². The van der Waals surface area contributed by atoms with Gasteiger partial charge in [0, 0.05) is 44.0 Å². The summed E-state index contributed by atoms with van der Waals surface area (Å²) in [5, 5.41) is 0. The summed E-state index contributed by atoms with van der Waals surface area (Å²) in [6.45, 7) is 6.15. The predicted molar refractivity (Wildman–Crippen MR) is 102 cm³/mol. The van der Waals surface area contributed by atoms with Gasteiger partial charge in [-0.25, -0.2) is 4.98 Å². The Hall–Kier alpha value is -1.62. The van der Waals surface area contributed by atoms with Crippen LogP contribution in [0.15, 0.2) is 18.3 Å². The zero-order valence-corrected chi connectivity index (χ0v) is 15.9. The standard InChI is InChI=1S/C20H32N4O/c1-16(22(2)3)17-8-13-23(14-9-17)19-15-18(7-10-21-19)20(25)24-11-5-4-6-12-24/h7,10,15-17H,4-6,8-9,11-14H2,1-3H3. The van der Waals surface area contributed by atoms with E-state index >= 15 is 0 Å². The number of hydrogen-bond acceptors (Lipinski definition) is 4. The topological polar surface area (TPSA) is 39.7 Å². The van der Waals surface area contributed by atoms with Gasteiger partial charge in [0.15, 0.2) is 0 Å². The molecule has 0 aliphatic carbocycles. The van der Waals surface area contributed by atoms with Gasteiger partial charge in [-0.3, -0.25) is 4.79 Å². The molecule has 5 heteroatoms. The van der Waals surface area contributed by atoms with Gasteiger partial charge in [0.25, 0.3) is 5.91 Å². The molecule has 2 saturated heterocycles. The summed E-state index contributed by atoms with van der Waals surface area (Å²) in [7, 11) is 4.32. The molecule has 5 nitrogen and oxygen atoms in total. The van der Waals surface area contributed by atoms with Crippen molar-refractivity contribution >= 4 is 11.7 Å². The lowest BCUT2D eigenvalue weighted by Crippen LogP contribution is -2.42. The van der Waals surface area contributed by atoms with Crippen LogP contribution in [-0.2, 0) is 0 Å². The fraction of sp³-hybridized carbons (Fsp3) is 0.700. The Kier molecular flexibility index (Phi) is 5.94. The SMILES string of the molecule is CC(C1CCN(c2cc(C(=O)N3CCCCC3)ccn2)CC1)N(C)C. The molecule has 3 rings (SSSR count). The van der Waals surface area contributed by atoms with Crippen LogP contribution in [0.1, 0.15) is 49.4 Å². The molecule has 0 aromatic carbocycles. The molecule has 0 bridgehead atoms. The molecule has 25 heavy (non-hydrogen) atoms. The average Bonchev–Trinajstić information content (AvgIpc) is 2.67. The first-order valence-electron chi connectivity index (χ1n) is 9.73. The molecule has 3 heterocycles. The van der Waals surface area contributed by atoms with Crippen molar-refractivity contribution < 1.29 is 4.79 Å². The molecule has 1 aromatic rings. The zero-order valence-electron chi connectivity index (χ0n) is 15.9. The number of amides is 1. The molecular formula is C20H32N4O. The lowest BCUT2D eigenvalue weighted by molar-refractivity contribution is 0.0724. The summed E-state index contributed by atoms with van der Waals surface area (Å²) in [5.74, 6) is 1.86. The molecule has 2 fully saturated rings. The number of hydrogen-bond donors (Lipinski definition) is 0. The lowest BCUT2D eigenvalue weighted by atomic mass is 9.90. The second-order valence-electron chi connectivity index (χ2n) is 7.78. The van der Waals surface area contributed by atoms with E-state index in [1.54, 1.807) is 6.20 Å². The van der Waals surface area contributed by atoms with Crippen LogP contribution < -0.4 is 4.90 Å². The molecule has 0 saturated carbocycles. The van der Waals surface area contributed by atoms with Gasteiger partial charge in [0.1, 0.15) is 5.82 Å². The Morgan fingerprint density at radius 2 is 1.84 bits per heavy atom. The highest BCUT2D eigenvalue weighted by Crippen LogP contribution is 2.26. The number of pyridine rings is 1. The Bertz CT molecular complexity index is 575. The summed E-state index contributed by atoms with van der Waals surface area (Å²) in [6.07, 6.45) is 7.66. The van der Waals surface area contributed by atoms with Crippen molar-refractivity contribution in [3.63, 3.8) is 0 Å². The minimum absolute atomic E-state index is 0.166. The van der Waals surface area contributed by atoms with Crippen LogP contribution in [0.3, 0.4) is 0 Å². The van der Waals surface area contributed by atoms with Crippen LogP contribution >= 0.6 is 0 Å². The molecule has 1 atom stereocenters. The van der Waals surface area contributed by atoms with Gasteiger partial charge >= 0.3 is 0 Å². The van der Waals surface area contributed by atoms with Crippen LogP contribution in [0, 0.1) is 5.92 Å². The summed E-state index contributed by atoms with van der Waals surface area (Å²) in [6, 6.07) is 4.47. The van der Waals surface area contributed by atoms with Crippen LogP contribution in [0.25, 0.3) is 0 Å². The monoisotopic (exact) mass is 344 g/mol. The number of carbonyl (C=O) groups is 1. The fourth-order valence-corrected chi connectivity index (χ4v) is 4.04. The summed E-state index contributed by atoms with van der Waals surface area (Å²) >= 11 is 0. The average molecular weight is 345 g/mol. The molecule has 2 aliphatic rings. The third-order valence-electron chi connectivity index (χ3n) is 6.00. The molecule has 1 unspecified atom stereocenters. The molecular weight excluding hydrogens is 312 g/mol. The first kappa shape index (κ1) is 18.2. The number of piperidine rings is 2. The van der Waals surface area contributed by atoms with E-state index in [9.17, 15) is 4.79 Å². The van der Waals surface area contributed by atoms with Gasteiger partial charge < -0.3 is 14.7 Å². The van der Waals surface area contributed by atoms with Gasteiger partial charge in [0.05, 0.1) is 0 Å². The van der Waals surface area contributed by atoms with Crippen LogP contribution in [0.4, 0.5) is 5.82 Å². The Labute approximate surface area is 152 Å². The quantitative estimate of drug-likeness (QED) is 0.842.